The molecule has 146 valence electrons. The number of anilines is 2. The van der Waals surface area contributed by atoms with Crippen molar-refractivity contribution < 1.29 is 13.2 Å². The van der Waals surface area contributed by atoms with Gasteiger partial charge in [-0.3, -0.25) is 10.1 Å². The maximum atomic E-state index is 12.1. The first-order valence-electron chi connectivity index (χ1n) is 9.36. The first kappa shape index (κ1) is 18.2. The van der Waals surface area contributed by atoms with Crippen LogP contribution in [0.15, 0.2) is 12.3 Å². The fraction of sp³-hybridized carbons (Fsp3) is 0.588. The Labute approximate surface area is 158 Å². The van der Waals surface area contributed by atoms with Crippen LogP contribution in [-0.4, -0.2) is 54.2 Å². The van der Waals surface area contributed by atoms with Crippen molar-refractivity contribution in [2.75, 3.05) is 29.1 Å². The maximum absolute atomic E-state index is 12.1. The van der Waals surface area contributed by atoms with Crippen LogP contribution in [0.4, 0.5) is 11.8 Å². The molecule has 10 heteroatoms. The van der Waals surface area contributed by atoms with Crippen molar-refractivity contribution in [2.24, 2.45) is 5.92 Å². The molecule has 0 radical (unpaired) electrons. The van der Waals surface area contributed by atoms with Crippen LogP contribution < -0.4 is 14.9 Å². The minimum absolute atomic E-state index is 0.0431. The van der Waals surface area contributed by atoms with Gasteiger partial charge in [0, 0.05) is 31.2 Å². The largest absolute Gasteiger partial charge is 0.354 e. The van der Waals surface area contributed by atoms with E-state index in [-0.39, 0.29) is 29.6 Å². The lowest BCUT2D eigenvalue weighted by molar-refractivity contribution is -0.117. The molecule has 1 unspecified atom stereocenters. The predicted octanol–water partition coefficient (Wildman–Crippen LogP) is 1.21. The molecule has 3 heterocycles. The molecule has 1 amide bonds. The molecule has 1 saturated carbocycles. The van der Waals surface area contributed by atoms with Crippen molar-refractivity contribution in [3.8, 4) is 0 Å². The van der Waals surface area contributed by atoms with Crippen LogP contribution in [0.1, 0.15) is 32.6 Å². The number of aromatic nitrogens is 3. The molecule has 0 spiro atoms. The summed E-state index contributed by atoms with van der Waals surface area (Å²) >= 11 is 0. The smallest absolute Gasteiger partial charge is 0.233 e. The van der Waals surface area contributed by atoms with E-state index in [1.807, 2.05) is 17.9 Å². The quantitative estimate of drug-likeness (QED) is 0.651. The van der Waals surface area contributed by atoms with E-state index < -0.39 is 10.0 Å². The highest BCUT2D eigenvalue weighted by Crippen LogP contribution is 2.31. The molecule has 2 aliphatic rings. The lowest BCUT2D eigenvalue weighted by Crippen LogP contribution is -2.38. The zero-order chi connectivity index (χ0) is 19.0. The van der Waals surface area contributed by atoms with Gasteiger partial charge in [-0.2, -0.15) is 9.97 Å². The lowest BCUT2D eigenvalue weighted by atomic mass is 10.3. The van der Waals surface area contributed by atoms with Gasteiger partial charge in [-0.1, -0.05) is 6.92 Å². The Balaban J connectivity index is 1.54. The molecule has 2 aromatic rings. The van der Waals surface area contributed by atoms with E-state index in [9.17, 15) is 13.2 Å². The highest BCUT2D eigenvalue weighted by molar-refractivity contribution is 7.89. The van der Waals surface area contributed by atoms with E-state index in [0.717, 1.165) is 18.2 Å². The van der Waals surface area contributed by atoms with E-state index in [4.69, 9.17) is 0 Å². The summed E-state index contributed by atoms with van der Waals surface area (Å²) in [7, 11) is -3.25. The molecule has 3 N–H and O–H groups in total. The molecular weight excluding hydrogens is 368 g/mol. The summed E-state index contributed by atoms with van der Waals surface area (Å²) in [4.78, 5) is 26.1. The van der Waals surface area contributed by atoms with Crippen molar-refractivity contribution in [3.63, 3.8) is 0 Å². The molecule has 0 aromatic carbocycles. The Morgan fingerprint density at radius 3 is 2.89 bits per heavy atom. The second kappa shape index (κ2) is 7.08. The van der Waals surface area contributed by atoms with Gasteiger partial charge in [0.25, 0.3) is 0 Å². The summed E-state index contributed by atoms with van der Waals surface area (Å²) in [5, 5.41) is 3.65. The van der Waals surface area contributed by atoms with Gasteiger partial charge in [0.05, 0.1) is 11.1 Å². The normalized spacial score (nSPS) is 20.3. The van der Waals surface area contributed by atoms with Crippen molar-refractivity contribution in [2.45, 2.75) is 38.6 Å². The summed E-state index contributed by atoms with van der Waals surface area (Å²) in [6.45, 7) is 3.07. The van der Waals surface area contributed by atoms with Crippen LogP contribution in [-0.2, 0) is 14.8 Å². The maximum Gasteiger partial charge on any atom is 0.233 e. The Morgan fingerprint density at radius 1 is 1.33 bits per heavy atom. The van der Waals surface area contributed by atoms with E-state index in [1.54, 1.807) is 6.20 Å². The Hall–Kier alpha value is -2.20. The average molecular weight is 392 g/mol. The van der Waals surface area contributed by atoms with E-state index in [0.29, 0.717) is 37.4 Å². The number of fused-ring (bicyclic) bond motifs is 1. The number of nitrogens with one attached hydrogen (secondary N) is 3. The van der Waals surface area contributed by atoms with Crippen LogP contribution in [0.25, 0.3) is 11.0 Å². The van der Waals surface area contributed by atoms with Gasteiger partial charge in [0.2, 0.25) is 21.9 Å². The second-order valence-electron chi connectivity index (χ2n) is 7.24. The fourth-order valence-corrected chi connectivity index (χ4v) is 4.77. The van der Waals surface area contributed by atoms with Crippen LogP contribution in [0.2, 0.25) is 0 Å². The second-order valence-corrected chi connectivity index (χ2v) is 9.12. The summed E-state index contributed by atoms with van der Waals surface area (Å²) in [6.07, 6.45) is 4.91. The molecule has 27 heavy (non-hydrogen) atoms. The van der Waals surface area contributed by atoms with Gasteiger partial charge in [-0.15, -0.1) is 0 Å². The Kier molecular flexibility index (Phi) is 4.77. The number of aromatic amines is 1. The monoisotopic (exact) mass is 392 g/mol. The zero-order valence-electron chi connectivity index (χ0n) is 15.2. The molecule has 1 aliphatic carbocycles. The summed E-state index contributed by atoms with van der Waals surface area (Å²) in [6, 6.07) is 1.75. The molecule has 1 atom stereocenters. The number of hydrogen-bond donors (Lipinski definition) is 3. The van der Waals surface area contributed by atoms with Crippen LogP contribution in [0.3, 0.4) is 0 Å². The molecule has 4 rings (SSSR count). The van der Waals surface area contributed by atoms with Crippen molar-refractivity contribution in [1.82, 2.24) is 19.7 Å². The predicted molar refractivity (Wildman–Crippen MR) is 103 cm³/mol. The third-order valence-corrected chi connectivity index (χ3v) is 6.52. The molecular formula is C17H24N6O3S. The topological polar surface area (TPSA) is 120 Å². The van der Waals surface area contributed by atoms with Gasteiger partial charge in [0.1, 0.15) is 11.5 Å². The van der Waals surface area contributed by atoms with Crippen molar-refractivity contribution in [3.05, 3.63) is 12.3 Å². The number of carbonyl (C=O) groups excluding carboxylic acids is 1. The first-order chi connectivity index (χ1) is 12.9. The Morgan fingerprint density at radius 2 is 2.15 bits per heavy atom. The van der Waals surface area contributed by atoms with Gasteiger partial charge < -0.3 is 9.88 Å². The first-order valence-corrected chi connectivity index (χ1v) is 11.0. The van der Waals surface area contributed by atoms with Gasteiger partial charge in [-0.25, -0.2) is 13.1 Å². The molecule has 1 aliphatic heterocycles. The fourth-order valence-electron chi connectivity index (χ4n) is 3.41. The summed E-state index contributed by atoms with van der Waals surface area (Å²) in [5.74, 6) is 1.16. The molecule has 9 nitrogen and oxygen atoms in total. The van der Waals surface area contributed by atoms with Gasteiger partial charge in [-0.05, 0) is 31.7 Å². The van der Waals surface area contributed by atoms with Crippen molar-refractivity contribution >= 4 is 38.7 Å². The van der Waals surface area contributed by atoms with Crippen LogP contribution in [0.5, 0.6) is 0 Å². The number of amides is 1. The van der Waals surface area contributed by atoms with Crippen LogP contribution in [0, 0.1) is 5.92 Å². The third kappa shape index (κ3) is 4.06. The number of H-pyrrole nitrogens is 1. The number of nitrogens with zero attached hydrogens (tertiary/aromatic N) is 3. The van der Waals surface area contributed by atoms with E-state index in [1.165, 1.54) is 0 Å². The number of rotatable bonds is 7. The average Bonchev–Trinajstić information content (AvgIpc) is 3.19. The van der Waals surface area contributed by atoms with Crippen molar-refractivity contribution in [1.29, 1.82) is 0 Å². The van der Waals surface area contributed by atoms with Crippen LogP contribution >= 0.6 is 0 Å². The van der Waals surface area contributed by atoms with E-state index in [2.05, 4.69) is 25.0 Å². The molecule has 0 bridgehead atoms. The molecule has 2 fully saturated rings. The highest BCUT2D eigenvalue weighted by atomic mass is 32.2. The molecule has 1 saturated heterocycles. The number of carbonyl (C=O) groups is 1. The minimum atomic E-state index is -3.25. The standard InChI is InChI=1S/C17H24N6O3S/c1-2-9-27(25,26)22-12-6-8-23(10-12)15-13-5-7-18-14(13)19-17(20-15)21-16(24)11-3-4-11/h5,7,11-12,22H,2-4,6,8-10H2,1H3,(H2,18,19,20,21,24). The lowest BCUT2D eigenvalue weighted by Gasteiger charge is -2.19. The third-order valence-electron chi connectivity index (χ3n) is 4.89. The minimum Gasteiger partial charge on any atom is -0.354 e. The highest BCUT2D eigenvalue weighted by Gasteiger charge is 2.31. The SMILES string of the molecule is CCCS(=O)(=O)NC1CCN(c2nc(NC(=O)C3CC3)nc3[nH]ccc23)C1. The van der Waals surface area contributed by atoms with Gasteiger partial charge >= 0.3 is 0 Å². The zero-order valence-corrected chi connectivity index (χ0v) is 16.1. The van der Waals surface area contributed by atoms with Gasteiger partial charge in [0.15, 0.2) is 0 Å². The number of hydrogen-bond acceptors (Lipinski definition) is 6. The summed E-state index contributed by atoms with van der Waals surface area (Å²) in [5.41, 5.74) is 0.654. The molecule has 2 aromatic heterocycles. The van der Waals surface area contributed by atoms with E-state index >= 15 is 0 Å². The summed E-state index contributed by atoms with van der Waals surface area (Å²) < 4.78 is 26.9. The number of sulfonamides is 1. The Bertz CT molecular complexity index is 953.